The van der Waals surface area contributed by atoms with Gasteiger partial charge >= 0.3 is 6.18 Å². The summed E-state index contributed by atoms with van der Waals surface area (Å²) >= 11 is 3.26. The lowest BCUT2D eigenvalue weighted by atomic mass is 10.1. The Morgan fingerprint density at radius 2 is 1.81 bits per heavy atom. The summed E-state index contributed by atoms with van der Waals surface area (Å²) in [5, 5.41) is 8.36. The maximum absolute atomic E-state index is 12.7. The number of halogens is 3. The zero-order valence-electron chi connectivity index (χ0n) is 17.5. The van der Waals surface area contributed by atoms with Crippen LogP contribution < -0.4 is 4.74 Å². The molecule has 0 radical (unpaired) electrons. The zero-order chi connectivity index (χ0) is 22.7. The molecule has 2 rings (SSSR count). The minimum atomic E-state index is -4.31. The SMILES string of the molecule is CSCOC(CCc1ccc(C(F)(F)F)cc1)CSc1ccc(OCCOO)c(C)c1. The largest absolute Gasteiger partial charge is 0.491 e. The second-order valence-electron chi connectivity index (χ2n) is 6.85. The van der Waals surface area contributed by atoms with E-state index in [1.165, 1.54) is 12.1 Å². The summed E-state index contributed by atoms with van der Waals surface area (Å²) in [5.41, 5.74) is 1.21. The molecule has 31 heavy (non-hydrogen) atoms. The molecule has 1 unspecified atom stereocenters. The van der Waals surface area contributed by atoms with Gasteiger partial charge in [0.1, 0.15) is 19.0 Å². The Morgan fingerprint density at radius 1 is 1.06 bits per heavy atom. The molecule has 0 amide bonds. The molecule has 172 valence electrons. The lowest BCUT2D eigenvalue weighted by molar-refractivity contribution is -0.245. The van der Waals surface area contributed by atoms with Crippen molar-refractivity contribution in [3.8, 4) is 5.75 Å². The van der Waals surface area contributed by atoms with Gasteiger partial charge in [-0.1, -0.05) is 12.1 Å². The quantitative estimate of drug-likeness (QED) is 0.120. The van der Waals surface area contributed by atoms with E-state index in [4.69, 9.17) is 14.7 Å². The first-order valence-electron chi connectivity index (χ1n) is 9.72. The van der Waals surface area contributed by atoms with Gasteiger partial charge in [-0.05, 0) is 67.5 Å². The molecule has 0 aliphatic heterocycles. The highest BCUT2D eigenvalue weighted by atomic mass is 32.2. The summed E-state index contributed by atoms with van der Waals surface area (Å²) in [4.78, 5) is 5.08. The van der Waals surface area contributed by atoms with Crippen molar-refractivity contribution in [2.75, 3.05) is 31.2 Å². The van der Waals surface area contributed by atoms with Gasteiger partial charge in [0.15, 0.2) is 0 Å². The number of hydrogen-bond acceptors (Lipinski definition) is 6. The smallest absolute Gasteiger partial charge is 0.416 e. The Labute approximate surface area is 189 Å². The number of thioether (sulfide) groups is 2. The lowest BCUT2D eigenvalue weighted by Crippen LogP contribution is -2.17. The third-order valence-corrected chi connectivity index (χ3v) is 5.97. The molecule has 0 bridgehead atoms. The second-order valence-corrected chi connectivity index (χ2v) is 8.76. The van der Waals surface area contributed by atoms with Crippen molar-refractivity contribution in [3.05, 3.63) is 59.2 Å². The van der Waals surface area contributed by atoms with Crippen molar-refractivity contribution >= 4 is 23.5 Å². The average Bonchev–Trinajstić information content (AvgIpc) is 2.74. The Balaban J connectivity index is 1.90. The van der Waals surface area contributed by atoms with E-state index in [-0.39, 0.29) is 19.3 Å². The molecule has 0 aliphatic rings. The van der Waals surface area contributed by atoms with Crippen LogP contribution in [0, 0.1) is 6.92 Å². The van der Waals surface area contributed by atoms with Crippen molar-refractivity contribution in [2.24, 2.45) is 0 Å². The predicted octanol–water partition coefficient (Wildman–Crippen LogP) is 6.31. The lowest BCUT2D eigenvalue weighted by Gasteiger charge is -2.18. The van der Waals surface area contributed by atoms with Gasteiger partial charge < -0.3 is 9.47 Å². The number of ether oxygens (including phenoxy) is 2. The Morgan fingerprint density at radius 3 is 2.42 bits per heavy atom. The van der Waals surface area contributed by atoms with Gasteiger partial charge in [0.05, 0.1) is 17.6 Å². The molecule has 1 atom stereocenters. The molecule has 1 N–H and O–H groups in total. The molecule has 0 spiro atoms. The summed E-state index contributed by atoms with van der Waals surface area (Å²) in [6.45, 7) is 2.31. The standard InChI is InChI=1S/C22H27F3O4S2/c1-16-13-20(9-10-21(16)27-11-12-29-26)31-14-19(28-15-30-2)8-5-17-3-6-18(7-4-17)22(23,24)25/h3-4,6-7,9-10,13,19,26H,5,8,11-12,14-15H2,1-2H3. The van der Waals surface area contributed by atoms with E-state index in [2.05, 4.69) is 4.89 Å². The molecule has 0 aromatic heterocycles. The molecule has 9 heteroatoms. The van der Waals surface area contributed by atoms with Gasteiger partial charge in [-0.15, -0.1) is 23.5 Å². The fraction of sp³-hybridized carbons (Fsp3) is 0.455. The van der Waals surface area contributed by atoms with Crippen molar-refractivity contribution in [2.45, 2.75) is 36.9 Å². The molecule has 2 aromatic carbocycles. The van der Waals surface area contributed by atoms with Crippen LogP contribution in [-0.4, -0.2) is 42.5 Å². The minimum absolute atomic E-state index is 0.0160. The number of hydrogen-bond donors (Lipinski definition) is 1. The maximum atomic E-state index is 12.7. The van der Waals surface area contributed by atoms with Crippen LogP contribution in [0.2, 0.25) is 0 Å². The number of benzene rings is 2. The van der Waals surface area contributed by atoms with E-state index < -0.39 is 11.7 Å². The van der Waals surface area contributed by atoms with Crippen LogP contribution in [0.4, 0.5) is 13.2 Å². The molecule has 0 fully saturated rings. The Bertz CT molecular complexity index is 785. The van der Waals surface area contributed by atoms with Crippen LogP contribution in [0.5, 0.6) is 5.75 Å². The summed E-state index contributed by atoms with van der Waals surface area (Å²) in [5.74, 6) is 2.04. The Kier molecular flexibility index (Phi) is 11.0. The third-order valence-electron chi connectivity index (χ3n) is 4.47. The van der Waals surface area contributed by atoms with Crippen LogP contribution in [0.3, 0.4) is 0 Å². The van der Waals surface area contributed by atoms with E-state index in [0.717, 1.165) is 46.1 Å². The van der Waals surface area contributed by atoms with E-state index in [9.17, 15) is 13.2 Å². The summed E-state index contributed by atoms with van der Waals surface area (Å²) in [7, 11) is 0. The molecular weight excluding hydrogens is 449 g/mol. The highest BCUT2D eigenvalue weighted by molar-refractivity contribution is 7.99. The number of alkyl halides is 3. The molecule has 0 saturated heterocycles. The van der Waals surface area contributed by atoms with Crippen LogP contribution >= 0.6 is 23.5 Å². The van der Waals surface area contributed by atoms with Gasteiger partial charge in [-0.2, -0.15) is 13.2 Å². The summed E-state index contributed by atoms with van der Waals surface area (Å²) in [6, 6.07) is 11.2. The average molecular weight is 477 g/mol. The highest BCUT2D eigenvalue weighted by Crippen LogP contribution is 2.30. The van der Waals surface area contributed by atoms with Crippen molar-refractivity contribution < 1.29 is 32.8 Å². The van der Waals surface area contributed by atoms with Gasteiger partial charge in [0.25, 0.3) is 0 Å². The van der Waals surface area contributed by atoms with E-state index in [1.807, 2.05) is 31.4 Å². The molecule has 0 heterocycles. The summed E-state index contributed by atoms with van der Waals surface area (Å²) < 4.78 is 49.6. The third kappa shape index (κ3) is 9.33. The van der Waals surface area contributed by atoms with Crippen molar-refractivity contribution in [1.29, 1.82) is 0 Å². The fourth-order valence-corrected chi connectivity index (χ4v) is 4.21. The van der Waals surface area contributed by atoms with E-state index in [0.29, 0.717) is 12.4 Å². The minimum Gasteiger partial charge on any atom is -0.491 e. The first-order chi connectivity index (χ1) is 14.8. The monoisotopic (exact) mass is 476 g/mol. The molecule has 0 aliphatic carbocycles. The van der Waals surface area contributed by atoms with E-state index >= 15 is 0 Å². The van der Waals surface area contributed by atoms with Crippen LogP contribution in [-0.2, 0) is 22.2 Å². The van der Waals surface area contributed by atoms with Gasteiger partial charge in [-0.25, -0.2) is 4.89 Å². The van der Waals surface area contributed by atoms with Crippen molar-refractivity contribution in [1.82, 2.24) is 0 Å². The van der Waals surface area contributed by atoms with Crippen LogP contribution in [0.15, 0.2) is 47.4 Å². The Hall–Kier alpha value is -1.39. The highest BCUT2D eigenvalue weighted by Gasteiger charge is 2.29. The molecule has 2 aromatic rings. The molecule has 4 nitrogen and oxygen atoms in total. The maximum Gasteiger partial charge on any atom is 0.416 e. The molecule has 0 saturated carbocycles. The van der Waals surface area contributed by atoms with Crippen molar-refractivity contribution in [3.63, 3.8) is 0 Å². The van der Waals surface area contributed by atoms with Gasteiger partial charge in [-0.3, -0.25) is 5.26 Å². The van der Waals surface area contributed by atoms with Gasteiger partial charge in [0, 0.05) is 10.6 Å². The van der Waals surface area contributed by atoms with E-state index in [1.54, 1.807) is 23.5 Å². The van der Waals surface area contributed by atoms with Crippen LogP contribution in [0.1, 0.15) is 23.1 Å². The fourth-order valence-electron chi connectivity index (χ4n) is 2.82. The second kappa shape index (κ2) is 13.2. The molecular formula is C22H27F3O4S2. The first-order valence-corrected chi connectivity index (χ1v) is 12.1. The zero-order valence-corrected chi connectivity index (χ0v) is 19.1. The predicted molar refractivity (Wildman–Crippen MR) is 119 cm³/mol. The van der Waals surface area contributed by atoms with Gasteiger partial charge in [0.2, 0.25) is 0 Å². The number of rotatable bonds is 13. The normalized spacial score (nSPS) is 12.7. The number of aryl methyl sites for hydroxylation is 2. The van der Waals surface area contributed by atoms with Crippen LogP contribution in [0.25, 0.3) is 0 Å². The first kappa shape index (κ1) is 25.9. The topological polar surface area (TPSA) is 47.9 Å². The summed E-state index contributed by atoms with van der Waals surface area (Å²) in [6.07, 6.45) is -0.997.